The van der Waals surface area contributed by atoms with E-state index in [1.807, 2.05) is 6.07 Å². The third kappa shape index (κ3) is 1.63. The van der Waals surface area contributed by atoms with E-state index in [-0.39, 0.29) is 5.78 Å². The van der Waals surface area contributed by atoms with Gasteiger partial charge in [-0.2, -0.15) is 5.26 Å². The molecule has 0 aromatic heterocycles. The number of likely N-dealkylation sites (N-methyl/N-ethyl adjacent to an activating group) is 1. The van der Waals surface area contributed by atoms with E-state index in [9.17, 15) is 9.90 Å². The van der Waals surface area contributed by atoms with Gasteiger partial charge >= 0.3 is 0 Å². The lowest BCUT2D eigenvalue weighted by molar-refractivity contribution is -0.125. The molecule has 0 radical (unpaired) electrons. The molecule has 0 saturated carbocycles. The summed E-state index contributed by atoms with van der Waals surface area (Å²) in [7, 11) is 1.62. The minimum absolute atomic E-state index is 0.304. The van der Waals surface area contributed by atoms with E-state index >= 15 is 0 Å². The normalized spacial score (nSPS) is 20.7. The molecule has 1 rings (SSSR count). The van der Waals surface area contributed by atoms with E-state index in [1.54, 1.807) is 7.05 Å². The van der Waals surface area contributed by atoms with Gasteiger partial charge in [-0.25, -0.2) is 0 Å². The molecule has 0 bridgehead atoms. The summed E-state index contributed by atoms with van der Waals surface area (Å²) in [5.74, 6) is -0.304. The number of Topliss-reactive ketones (excluding diaryl/α,β-unsaturated/α-hetero) is 1. The number of nitriles is 1. The molecule has 70 valence electrons. The van der Waals surface area contributed by atoms with Gasteiger partial charge in [0.2, 0.25) is 5.78 Å². The third-order valence-corrected chi connectivity index (χ3v) is 1.84. The summed E-state index contributed by atoms with van der Waals surface area (Å²) in [5, 5.41) is 23.0. The Morgan fingerprint density at radius 3 is 2.92 bits per heavy atom. The lowest BCUT2D eigenvalue weighted by atomic mass is 9.95. The first-order valence-corrected chi connectivity index (χ1v) is 3.97. The van der Waals surface area contributed by atoms with Crippen LogP contribution in [0.15, 0.2) is 11.4 Å². The standard InChI is InChI=1S/C8H11N3O2/c1-10-5-6(8(13)7(5)12)11-4-2-3-9/h8,10-11,13H,2,4H2,1H3. The molecule has 5 nitrogen and oxygen atoms in total. The van der Waals surface area contributed by atoms with Gasteiger partial charge in [0.15, 0.2) is 6.10 Å². The van der Waals surface area contributed by atoms with Gasteiger partial charge in [-0.1, -0.05) is 0 Å². The molecule has 0 aromatic rings. The Kier molecular flexibility index (Phi) is 2.88. The van der Waals surface area contributed by atoms with Gasteiger partial charge in [0, 0.05) is 13.6 Å². The van der Waals surface area contributed by atoms with Crippen LogP contribution in [0.4, 0.5) is 0 Å². The zero-order valence-electron chi connectivity index (χ0n) is 7.29. The van der Waals surface area contributed by atoms with Crippen molar-refractivity contribution in [3.8, 4) is 6.07 Å². The van der Waals surface area contributed by atoms with Crippen LogP contribution in [0.1, 0.15) is 6.42 Å². The fourth-order valence-electron chi connectivity index (χ4n) is 1.16. The highest BCUT2D eigenvalue weighted by Gasteiger charge is 2.36. The molecule has 13 heavy (non-hydrogen) atoms. The van der Waals surface area contributed by atoms with E-state index < -0.39 is 6.10 Å². The average molecular weight is 181 g/mol. The number of ketones is 1. The largest absolute Gasteiger partial charge is 0.384 e. The van der Waals surface area contributed by atoms with Gasteiger partial charge in [0.05, 0.1) is 18.2 Å². The van der Waals surface area contributed by atoms with Crippen LogP contribution in [0.2, 0.25) is 0 Å². The second kappa shape index (κ2) is 3.92. The topological polar surface area (TPSA) is 85.2 Å². The van der Waals surface area contributed by atoms with Gasteiger partial charge in [-0.15, -0.1) is 0 Å². The number of aliphatic hydroxyl groups excluding tert-OH is 1. The lowest BCUT2D eigenvalue weighted by Crippen LogP contribution is -2.47. The first-order valence-electron chi connectivity index (χ1n) is 3.97. The monoisotopic (exact) mass is 181 g/mol. The Hall–Kier alpha value is -1.54. The summed E-state index contributed by atoms with van der Waals surface area (Å²) in [4.78, 5) is 11.0. The van der Waals surface area contributed by atoms with Gasteiger partial charge < -0.3 is 15.7 Å². The minimum Gasteiger partial charge on any atom is -0.384 e. The van der Waals surface area contributed by atoms with Crippen LogP contribution in [0.5, 0.6) is 0 Å². The van der Waals surface area contributed by atoms with Gasteiger partial charge in [0.25, 0.3) is 0 Å². The molecule has 1 aliphatic carbocycles. The van der Waals surface area contributed by atoms with Crippen LogP contribution in [-0.2, 0) is 4.79 Å². The van der Waals surface area contributed by atoms with Crippen LogP contribution in [0.25, 0.3) is 0 Å². The molecule has 1 atom stereocenters. The molecule has 0 fully saturated rings. The Morgan fingerprint density at radius 2 is 2.38 bits per heavy atom. The Balaban J connectivity index is 2.54. The zero-order chi connectivity index (χ0) is 9.84. The molecule has 3 N–H and O–H groups in total. The maximum Gasteiger partial charge on any atom is 0.215 e. The second-order valence-electron chi connectivity index (χ2n) is 2.64. The third-order valence-electron chi connectivity index (χ3n) is 1.84. The van der Waals surface area contributed by atoms with E-state index in [4.69, 9.17) is 5.26 Å². The van der Waals surface area contributed by atoms with Crippen molar-refractivity contribution >= 4 is 5.78 Å². The first-order chi connectivity index (χ1) is 6.22. The highest BCUT2D eigenvalue weighted by Crippen LogP contribution is 2.19. The molecule has 0 heterocycles. The van der Waals surface area contributed by atoms with Crippen molar-refractivity contribution in [2.75, 3.05) is 13.6 Å². The van der Waals surface area contributed by atoms with Crippen LogP contribution >= 0.6 is 0 Å². The van der Waals surface area contributed by atoms with Crippen LogP contribution in [-0.4, -0.2) is 30.6 Å². The van der Waals surface area contributed by atoms with Crippen molar-refractivity contribution in [2.24, 2.45) is 0 Å². The fourth-order valence-corrected chi connectivity index (χ4v) is 1.16. The van der Waals surface area contributed by atoms with Crippen molar-refractivity contribution in [3.05, 3.63) is 11.4 Å². The molecule has 0 aliphatic heterocycles. The molecular formula is C8H11N3O2. The Bertz CT molecular complexity index is 290. The van der Waals surface area contributed by atoms with E-state index in [0.29, 0.717) is 24.4 Å². The van der Waals surface area contributed by atoms with Crippen LogP contribution < -0.4 is 10.6 Å². The molecule has 0 saturated heterocycles. The predicted molar refractivity (Wildman–Crippen MR) is 45.3 cm³/mol. The van der Waals surface area contributed by atoms with Gasteiger partial charge in [-0.3, -0.25) is 4.79 Å². The number of nitrogens with one attached hydrogen (secondary N) is 2. The second-order valence-corrected chi connectivity index (χ2v) is 2.64. The van der Waals surface area contributed by atoms with E-state index in [0.717, 1.165) is 0 Å². The van der Waals surface area contributed by atoms with E-state index in [2.05, 4.69) is 10.6 Å². The molecule has 1 unspecified atom stereocenters. The maximum absolute atomic E-state index is 11.0. The number of carbonyl (C=O) groups excluding carboxylic acids is 1. The fraction of sp³-hybridized carbons (Fsp3) is 0.500. The summed E-state index contributed by atoms with van der Waals surface area (Å²) in [5.41, 5.74) is 0.896. The summed E-state index contributed by atoms with van der Waals surface area (Å²) >= 11 is 0. The first kappa shape index (κ1) is 9.55. The van der Waals surface area contributed by atoms with Crippen molar-refractivity contribution in [3.63, 3.8) is 0 Å². The number of aliphatic hydroxyl groups is 1. The molecule has 5 heteroatoms. The Morgan fingerprint density at radius 1 is 1.69 bits per heavy atom. The highest BCUT2D eigenvalue weighted by molar-refractivity contribution is 6.07. The highest BCUT2D eigenvalue weighted by atomic mass is 16.3. The number of carbonyl (C=O) groups is 1. The smallest absolute Gasteiger partial charge is 0.215 e. The van der Waals surface area contributed by atoms with Crippen LogP contribution in [0.3, 0.4) is 0 Å². The van der Waals surface area contributed by atoms with Crippen molar-refractivity contribution in [1.29, 1.82) is 5.26 Å². The number of rotatable bonds is 4. The number of nitrogens with zero attached hydrogens (tertiary/aromatic N) is 1. The van der Waals surface area contributed by atoms with Gasteiger partial charge in [-0.05, 0) is 0 Å². The quantitative estimate of drug-likeness (QED) is 0.477. The summed E-state index contributed by atoms with van der Waals surface area (Å²) in [6, 6.07) is 1.96. The van der Waals surface area contributed by atoms with Crippen LogP contribution in [0, 0.1) is 11.3 Å². The predicted octanol–water partition coefficient (Wildman–Crippen LogP) is -1.14. The SMILES string of the molecule is CNC1=C(NCCC#N)C(O)C1=O. The maximum atomic E-state index is 11.0. The molecule has 1 aliphatic rings. The minimum atomic E-state index is -1.04. The van der Waals surface area contributed by atoms with Crippen molar-refractivity contribution < 1.29 is 9.90 Å². The molecule has 0 aromatic carbocycles. The summed E-state index contributed by atoms with van der Waals surface area (Å²) < 4.78 is 0. The van der Waals surface area contributed by atoms with E-state index in [1.165, 1.54) is 0 Å². The number of hydrogen-bond donors (Lipinski definition) is 3. The lowest BCUT2D eigenvalue weighted by Gasteiger charge is -2.28. The molecule has 0 spiro atoms. The van der Waals surface area contributed by atoms with Crippen molar-refractivity contribution in [2.45, 2.75) is 12.5 Å². The summed E-state index contributed by atoms with van der Waals surface area (Å²) in [6.07, 6.45) is -0.692. The molecular weight excluding hydrogens is 170 g/mol. The van der Waals surface area contributed by atoms with Crippen molar-refractivity contribution in [1.82, 2.24) is 10.6 Å². The zero-order valence-corrected chi connectivity index (χ0v) is 7.29. The summed E-state index contributed by atoms with van der Waals surface area (Å²) in [6.45, 7) is 0.446. The Labute approximate surface area is 76.0 Å². The molecule has 0 amide bonds. The average Bonchev–Trinajstić information content (AvgIpc) is 2.16. The number of hydrogen-bond acceptors (Lipinski definition) is 5. The van der Waals surface area contributed by atoms with Gasteiger partial charge in [0.1, 0.15) is 5.70 Å².